The summed E-state index contributed by atoms with van der Waals surface area (Å²) in [7, 11) is 0. The Morgan fingerprint density at radius 1 is 1.12 bits per heavy atom. The summed E-state index contributed by atoms with van der Waals surface area (Å²) in [6.07, 6.45) is 6.59. The topological polar surface area (TPSA) is 32.3 Å². The minimum atomic E-state index is 0.334. The van der Waals surface area contributed by atoms with Crippen LogP contribution in [-0.4, -0.2) is 11.1 Å². The Morgan fingerprint density at radius 3 is 2.31 bits per heavy atom. The standard InChI is InChI=1S/C14H21NO/c1-2-11-3-5-12(6-4-11)15-13-7-9-14(16)10-8-13/h7-12,15-16H,2-6H2,1H3. The van der Waals surface area contributed by atoms with E-state index in [2.05, 4.69) is 12.2 Å². The second-order valence-electron chi connectivity index (χ2n) is 4.82. The summed E-state index contributed by atoms with van der Waals surface area (Å²) in [5.41, 5.74) is 1.12. The predicted octanol–water partition coefficient (Wildman–Crippen LogP) is 3.77. The quantitative estimate of drug-likeness (QED) is 0.758. The molecular weight excluding hydrogens is 198 g/mol. The molecule has 1 aliphatic rings. The molecule has 2 heteroatoms. The lowest BCUT2D eigenvalue weighted by molar-refractivity contribution is 0.330. The smallest absolute Gasteiger partial charge is 0.115 e. The number of phenolic OH excluding ortho intramolecular Hbond substituents is 1. The second-order valence-corrected chi connectivity index (χ2v) is 4.82. The first kappa shape index (κ1) is 11.3. The lowest BCUT2D eigenvalue weighted by Gasteiger charge is -2.29. The van der Waals surface area contributed by atoms with Crippen LogP contribution in [0.3, 0.4) is 0 Å². The van der Waals surface area contributed by atoms with E-state index in [0.29, 0.717) is 11.8 Å². The largest absolute Gasteiger partial charge is 0.508 e. The highest BCUT2D eigenvalue weighted by atomic mass is 16.3. The van der Waals surface area contributed by atoms with Crippen LogP contribution in [0.25, 0.3) is 0 Å². The summed E-state index contributed by atoms with van der Waals surface area (Å²) >= 11 is 0. The third-order valence-electron chi connectivity index (χ3n) is 3.66. The van der Waals surface area contributed by atoms with Gasteiger partial charge in [0.25, 0.3) is 0 Å². The van der Waals surface area contributed by atoms with Gasteiger partial charge in [-0.1, -0.05) is 13.3 Å². The predicted molar refractivity (Wildman–Crippen MR) is 67.8 cm³/mol. The van der Waals surface area contributed by atoms with Crippen LogP contribution in [0, 0.1) is 5.92 Å². The van der Waals surface area contributed by atoms with Gasteiger partial charge in [-0.3, -0.25) is 0 Å². The van der Waals surface area contributed by atoms with Gasteiger partial charge in [-0.15, -0.1) is 0 Å². The van der Waals surface area contributed by atoms with E-state index in [1.54, 1.807) is 12.1 Å². The average Bonchev–Trinajstić information content (AvgIpc) is 2.33. The molecule has 1 fully saturated rings. The van der Waals surface area contributed by atoms with Crippen LogP contribution in [0.5, 0.6) is 5.75 Å². The zero-order valence-electron chi connectivity index (χ0n) is 9.95. The van der Waals surface area contributed by atoms with Gasteiger partial charge in [0, 0.05) is 11.7 Å². The number of phenols is 1. The van der Waals surface area contributed by atoms with Crippen molar-refractivity contribution < 1.29 is 5.11 Å². The van der Waals surface area contributed by atoms with Crippen molar-refractivity contribution in [3.63, 3.8) is 0 Å². The minimum Gasteiger partial charge on any atom is -0.508 e. The molecule has 2 rings (SSSR count). The van der Waals surface area contributed by atoms with E-state index in [1.807, 2.05) is 12.1 Å². The van der Waals surface area contributed by atoms with Crippen LogP contribution in [0.4, 0.5) is 5.69 Å². The van der Waals surface area contributed by atoms with Crippen LogP contribution >= 0.6 is 0 Å². The molecule has 1 saturated carbocycles. The lowest BCUT2D eigenvalue weighted by atomic mass is 9.84. The van der Waals surface area contributed by atoms with Crippen molar-refractivity contribution in [2.24, 2.45) is 5.92 Å². The molecule has 0 heterocycles. The number of hydrogen-bond donors (Lipinski definition) is 2. The Labute approximate surface area is 97.7 Å². The van der Waals surface area contributed by atoms with Crippen molar-refractivity contribution in [1.29, 1.82) is 0 Å². The minimum absolute atomic E-state index is 0.334. The number of aromatic hydroxyl groups is 1. The Kier molecular flexibility index (Phi) is 3.70. The Bertz CT molecular complexity index is 312. The number of anilines is 1. The highest BCUT2D eigenvalue weighted by molar-refractivity contribution is 5.46. The molecule has 2 nitrogen and oxygen atoms in total. The molecule has 1 aromatic rings. The van der Waals surface area contributed by atoms with Gasteiger partial charge in [0.2, 0.25) is 0 Å². The van der Waals surface area contributed by atoms with Crippen LogP contribution in [0.15, 0.2) is 24.3 Å². The van der Waals surface area contributed by atoms with E-state index >= 15 is 0 Å². The van der Waals surface area contributed by atoms with Gasteiger partial charge in [-0.2, -0.15) is 0 Å². The van der Waals surface area contributed by atoms with E-state index in [1.165, 1.54) is 32.1 Å². The van der Waals surface area contributed by atoms with Crippen molar-refractivity contribution in [1.82, 2.24) is 0 Å². The highest BCUT2D eigenvalue weighted by Crippen LogP contribution is 2.28. The molecule has 0 atom stereocenters. The van der Waals surface area contributed by atoms with Gasteiger partial charge < -0.3 is 10.4 Å². The van der Waals surface area contributed by atoms with Crippen molar-refractivity contribution in [3.05, 3.63) is 24.3 Å². The first-order chi connectivity index (χ1) is 7.78. The molecule has 0 aliphatic heterocycles. The molecule has 0 radical (unpaired) electrons. The maximum atomic E-state index is 9.20. The number of nitrogens with one attached hydrogen (secondary N) is 1. The normalized spacial score (nSPS) is 25.3. The fourth-order valence-corrected chi connectivity index (χ4v) is 2.51. The van der Waals surface area contributed by atoms with Crippen LogP contribution < -0.4 is 5.32 Å². The van der Waals surface area contributed by atoms with Crippen LogP contribution in [0.2, 0.25) is 0 Å². The second kappa shape index (κ2) is 5.24. The van der Waals surface area contributed by atoms with Crippen LogP contribution in [-0.2, 0) is 0 Å². The van der Waals surface area contributed by atoms with Crippen molar-refractivity contribution >= 4 is 5.69 Å². The molecule has 16 heavy (non-hydrogen) atoms. The lowest BCUT2D eigenvalue weighted by Crippen LogP contribution is -2.25. The molecule has 0 aromatic heterocycles. The number of hydrogen-bond acceptors (Lipinski definition) is 2. The number of benzene rings is 1. The molecule has 0 bridgehead atoms. The molecule has 0 spiro atoms. The summed E-state index contributed by atoms with van der Waals surface area (Å²) in [5.74, 6) is 1.28. The van der Waals surface area contributed by atoms with Gasteiger partial charge in [0.1, 0.15) is 5.75 Å². The summed E-state index contributed by atoms with van der Waals surface area (Å²) in [6.45, 7) is 2.29. The zero-order chi connectivity index (χ0) is 11.4. The van der Waals surface area contributed by atoms with Crippen molar-refractivity contribution in [3.8, 4) is 5.75 Å². The first-order valence-electron chi connectivity index (χ1n) is 6.33. The van der Waals surface area contributed by atoms with Gasteiger partial charge in [-0.25, -0.2) is 0 Å². The Balaban J connectivity index is 1.84. The third-order valence-corrected chi connectivity index (χ3v) is 3.66. The maximum absolute atomic E-state index is 9.20. The van der Waals surface area contributed by atoms with Gasteiger partial charge in [0.15, 0.2) is 0 Å². The van der Waals surface area contributed by atoms with Crippen molar-refractivity contribution in [2.45, 2.75) is 45.1 Å². The van der Waals surface area contributed by atoms with E-state index in [-0.39, 0.29) is 0 Å². The summed E-state index contributed by atoms with van der Waals surface area (Å²) in [5, 5.41) is 12.7. The molecular formula is C14H21NO. The van der Waals surface area contributed by atoms with Gasteiger partial charge in [-0.05, 0) is 55.9 Å². The number of rotatable bonds is 3. The third kappa shape index (κ3) is 2.91. The van der Waals surface area contributed by atoms with E-state index in [4.69, 9.17) is 0 Å². The molecule has 0 unspecified atom stereocenters. The summed E-state index contributed by atoms with van der Waals surface area (Å²) < 4.78 is 0. The van der Waals surface area contributed by atoms with Crippen molar-refractivity contribution in [2.75, 3.05) is 5.32 Å². The van der Waals surface area contributed by atoms with Gasteiger partial charge >= 0.3 is 0 Å². The fourth-order valence-electron chi connectivity index (χ4n) is 2.51. The fraction of sp³-hybridized carbons (Fsp3) is 0.571. The molecule has 1 aromatic carbocycles. The van der Waals surface area contributed by atoms with Crippen LogP contribution in [0.1, 0.15) is 39.0 Å². The van der Waals surface area contributed by atoms with E-state index in [9.17, 15) is 5.11 Å². The average molecular weight is 219 g/mol. The van der Waals surface area contributed by atoms with E-state index in [0.717, 1.165) is 11.6 Å². The van der Waals surface area contributed by atoms with E-state index < -0.39 is 0 Å². The highest BCUT2D eigenvalue weighted by Gasteiger charge is 2.19. The molecule has 2 N–H and O–H groups in total. The first-order valence-corrected chi connectivity index (χ1v) is 6.33. The molecule has 1 aliphatic carbocycles. The SMILES string of the molecule is CCC1CCC(Nc2ccc(O)cc2)CC1. The zero-order valence-corrected chi connectivity index (χ0v) is 9.95. The Morgan fingerprint density at radius 2 is 1.75 bits per heavy atom. The summed E-state index contributed by atoms with van der Waals surface area (Å²) in [6, 6.07) is 7.98. The Hall–Kier alpha value is -1.18. The van der Waals surface area contributed by atoms with Gasteiger partial charge in [0.05, 0.1) is 0 Å². The monoisotopic (exact) mass is 219 g/mol. The molecule has 88 valence electrons. The molecule has 0 amide bonds. The maximum Gasteiger partial charge on any atom is 0.115 e. The molecule has 0 saturated heterocycles. The summed E-state index contributed by atoms with van der Waals surface area (Å²) in [4.78, 5) is 0.